The molecule has 0 atom stereocenters. The number of nitriles is 2. The molecule has 66 heavy (non-hydrogen) atoms. The molecule has 9 aromatic carbocycles. The maximum atomic E-state index is 9.90. The van der Waals surface area contributed by atoms with Crippen LogP contribution in [0.25, 0.3) is 111 Å². The molecule has 0 aliphatic carbocycles. The van der Waals surface area contributed by atoms with Crippen LogP contribution >= 0.6 is 0 Å². The molecule has 306 valence electrons. The van der Waals surface area contributed by atoms with Gasteiger partial charge in [-0.05, 0) is 77.4 Å². The summed E-state index contributed by atoms with van der Waals surface area (Å²) in [6, 6.07) is 77.0. The normalized spacial score (nSPS) is 11.3. The summed E-state index contributed by atoms with van der Waals surface area (Å²) in [6.07, 6.45) is 0. The molecule has 3 heterocycles. The third kappa shape index (κ3) is 6.39. The van der Waals surface area contributed by atoms with Gasteiger partial charge in [0.2, 0.25) is 0 Å². The monoisotopic (exact) mass is 841 g/mol. The van der Waals surface area contributed by atoms with Crippen LogP contribution in [0.15, 0.2) is 212 Å². The van der Waals surface area contributed by atoms with E-state index in [9.17, 15) is 10.5 Å². The zero-order valence-electron chi connectivity index (χ0n) is 35.3. The Morgan fingerprint density at radius 1 is 0.333 bits per heavy atom. The second kappa shape index (κ2) is 15.7. The second-order valence-electron chi connectivity index (χ2n) is 16.3. The van der Waals surface area contributed by atoms with Crippen molar-refractivity contribution < 1.29 is 0 Å². The van der Waals surface area contributed by atoms with Crippen molar-refractivity contribution >= 4 is 43.6 Å². The molecule has 0 saturated heterocycles. The van der Waals surface area contributed by atoms with Crippen molar-refractivity contribution in [3.63, 3.8) is 0 Å². The molecular weight excluding hydrogens is 807 g/mol. The van der Waals surface area contributed by atoms with E-state index in [1.165, 1.54) is 5.39 Å². The minimum Gasteiger partial charge on any atom is -0.309 e. The van der Waals surface area contributed by atoms with Gasteiger partial charge >= 0.3 is 0 Å². The molecule has 7 nitrogen and oxygen atoms in total. The highest BCUT2D eigenvalue weighted by Crippen LogP contribution is 2.43. The first-order valence-corrected chi connectivity index (χ1v) is 21.7. The molecule has 12 aromatic rings. The third-order valence-electron chi connectivity index (χ3n) is 12.4. The van der Waals surface area contributed by atoms with E-state index < -0.39 is 0 Å². The van der Waals surface area contributed by atoms with Crippen molar-refractivity contribution in [2.24, 2.45) is 0 Å². The van der Waals surface area contributed by atoms with Gasteiger partial charge in [-0.2, -0.15) is 10.5 Å². The molecule has 0 fully saturated rings. The van der Waals surface area contributed by atoms with E-state index in [0.29, 0.717) is 28.6 Å². The minimum absolute atomic E-state index is 0.433. The van der Waals surface area contributed by atoms with Crippen molar-refractivity contribution in [2.45, 2.75) is 0 Å². The lowest BCUT2D eigenvalue weighted by molar-refractivity contribution is 1.06. The predicted molar refractivity (Wildman–Crippen MR) is 265 cm³/mol. The van der Waals surface area contributed by atoms with Crippen molar-refractivity contribution in [3.8, 4) is 79.9 Å². The van der Waals surface area contributed by atoms with Crippen LogP contribution in [0.3, 0.4) is 0 Å². The van der Waals surface area contributed by atoms with E-state index in [1.54, 1.807) is 6.07 Å². The summed E-state index contributed by atoms with van der Waals surface area (Å²) >= 11 is 0. The van der Waals surface area contributed by atoms with Crippen LogP contribution in [0, 0.1) is 22.7 Å². The molecule has 0 aliphatic heterocycles. The van der Waals surface area contributed by atoms with E-state index in [1.807, 2.05) is 72.8 Å². The van der Waals surface area contributed by atoms with E-state index in [0.717, 1.165) is 88.5 Å². The van der Waals surface area contributed by atoms with Crippen molar-refractivity contribution in [1.82, 2.24) is 24.1 Å². The molecule has 0 aliphatic rings. The molecule has 0 unspecified atom stereocenters. The number of nitrogens with zero attached hydrogens (tertiary/aromatic N) is 7. The van der Waals surface area contributed by atoms with Crippen LogP contribution in [0.4, 0.5) is 0 Å². The Morgan fingerprint density at radius 3 is 1.52 bits per heavy atom. The van der Waals surface area contributed by atoms with Gasteiger partial charge in [0.1, 0.15) is 0 Å². The number of hydrogen-bond acceptors (Lipinski definition) is 5. The number of hydrogen-bond donors (Lipinski definition) is 0. The molecule has 7 heteroatoms. The fraction of sp³-hybridized carbons (Fsp3) is 0. The highest BCUT2D eigenvalue weighted by atomic mass is 15.1. The van der Waals surface area contributed by atoms with Gasteiger partial charge in [0.15, 0.2) is 17.5 Å². The smallest absolute Gasteiger partial charge is 0.166 e. The predicted octanol–water partition coefficient (Wildman–Crippen LogP) is 14.1. The van der Waals surface area contributed by atoms with E-state index in [2.05, 4.69) is 155 Å². The summed E-state index contributed by atoms with van der Waals surface area (Å²) in [6.45, 7) is 0. The molecule has 0 spiro atoms. The highest BCUT2D eigenvalue weighted by molar-refractivity contribution is 6.14. The van der Waals surface area contributed by atoms with Gasteiger partial charge in [-0.15, -0.1) is 0 Å². The number of aromatic nitrogens is 5. The standard InChI is InChI=1S/C59H35N7/c60-36-38-31-39(37-61)33-44(32-38)42-27-29-49-47-21-10-13-26-53(47)66(55(49)35-42)54-30-28-43(46-23-14-24-50-48-22-11-12-25-52(48)65(56(46)50)45-19-8-3-9-20-45)34-51(54)59-63-57(40-15-4-1-5-16-40)62-58(64-59)41-17-6-2-7-18-41/h1-35H. The number of para-hydroxylation sites is 4. The lowest BCUT2D eigenvalue weighted by Gasteiger charge is -2.17. The highest BCUT2D eigenvalue weighted by Gasteiger charge is 2.23. The van der Waals surface area contributed by atoms with Gasteiger partial charge in [-0.3, -0.25) is 0 Å². The average molecular weight is 842 g/mol. The molecule has 0 saturated carbocycles. The maximum absolute atomic E-state index is 9.90. The number of fused-ring (bicyclic) bond motifs is 6. The van der Waals surface area contributed by atoms with Gasteiger partial charge < -0.3 is 9.13 Å². The van der Waals surface area contributed by atoms with Crippen molar-refractivity contribution in [2.75, 3.05) is 0 Å². The van der Waals surface area contributed by atoms with Crippen LogP contribution in [-0.2, 0) is 0 Å². The second-order valence-corrected chi connectivity index (χ2v) is 16.3. The Bertz CT molecular complexity index is 3860. The lowest BCUT2D eigenvalue weighted by atomic mass is 9.98. The SMILES string of the molecule is N#Cc1cc(C#N)cc(-c2ccc3c4ccccc4n(-c4ccc(-c5cccc6c7ccccc7n(-c7ccccc7)c56)cc4-c4nc(-c5ccccc5)nc(-c5ccccc5)n4)c3c2)c1. The van der Waals surface area contributed by atoms with E-state index in [-0.39, 0.29) is 0 Å². The van der Waals surface area contributed by atoms with Gasteiger partial charge in [0, 0.05) is 49.5 Å². The van der Waals surface area contributed by atoms with Crippen LogP contribution in [-0.4, -0.2) is 24.1 Å². The Kier molecular flexibility index (Phi) is 9.12. The maximum Gasteiger partial charge on any atom is 0.166 e. The summed E-state index contributed by atoms with van der Waals surface area (Å²) in [4.78, 5) is 15.7. The molecular formula is C59H35N7. The topological polar surface area (TPSA) is 96.1 Å². The number of benzene rings is 9. The Balaban J connectivity index is 1.18. The molecule has 0 amide bonds. The minimum atomic E-state index is 0.433. The average Bonchev–Trinajstić information content (AvgIpc) is 3.91. The fourth-order valence-electron chi connectivity index (χ4n) is 9.44. The fourth-order valence-corrected chi connectivity index (χ4v) is 9.44. The first kappa shape index (κ1) is 38.3. The van der Waals surface area contributed by atoms with Crippen molar-refractivity contribution in [3.05, 3.63) is 223 Å². The number of rotatable bonds is 7. The summed E-state index contributed by atoms with van der Waals surface area (Å²) < 4.78 is 4.66. The Morgan fingerprint density at radius 2 is 0.864 bits per heavy atom. The van der Waals surface area contributed by atoms with Crippen LogP contribution in [0.2, 0.25) is 0 Å². The largest absolute Gasteiger partial charge is 0.309 e. The van der Waals surface area contributed by atoms with Gasteiger partial charge in [-0.1, -0.05) is 152 Å². The zero-order valence-corrected chi connectivity index (χ0v) is 35.3. The van der Waals surface area contributed by atoms with Gasteiger partial charge in [0.25, 0.3) is 0 Å². The van der Waals surface area contributed by atoms with E-state index >= 15 is 0 Å². The lowest BCUT2D eigenvalue weighted by Crippen LogP contribution is -2.04. The van der Waals surface area contributed by atoms with Crippen LogP contribution in [0.1, 0.15) is 11.1 Å². The first-order chi connectivity index (χ1) is 32.6. The van der Waals surface area contributed by atoms with Gasteiger partial charge in [-0.25, -0.2) is 15.0 Å². The van der Waals surface area contributed by atoms with Crippen LogP contribution in [0.5, 0.6) is 0 Å². The Hall–Kier alpha value is -9.43. The summed E-state index contributed by atoms with van der Waals surface area (Å²) in [7, 11) is 0. The first-order valence-electron chi connectivity index (χ1n) is 21.7. The van der Waals surface area contributed by atoms with Crippen molar-refractivity contribution in [1.29, 1.82) is 10.5 Å². The summed E-state index contributed by atoms with van der Waals surface area (Å²) in [5.41, 5.74) is 13.3. The zero-order chi connectivity index (χ0) is 44.1. The summed E-state index contributed by atoms with van der Waals surface area (Å²) in [5, 5.41) is 24.3. The molecule has 12 rings (SSSR count). The third-order valence-corrected chi connectivity index (χ3v) is 12.4. The van der Waals surface area contributed by atoms with Crippen LogP contribution < -0.4 is 0 Å². The van der Waals surface area contributed by atoms with Gasteiger partial charge in [0.05, 0.1) is 51.0 Å². The molecule has 0 radical (unpaired) electrons. The van der Waals surface area contributed by atoms with E-state index in [4.69, 9.17) is 15.0 Å². The molecule has 0 N–H and O–H groups in total. The summed E-state index contributed by atoms with van der Waals surface area (Å²) in [5.74, 6) is 1.66. The Labute approximate surface area is 380 Å². The molecule has 3 aromatic heterocycles. The molecule has 0 bridgehead atoms. The quantitative estimate of drug-likeness (QED) is 0.159.